The average molecular weight is 742 g/mol. The molecule has 0 bridgehead atoms. The Morgan fingerprint density at radius 3 is 2.50 bits per heavy atom. The Morgan fingerprint density at radius 2 is 1.92 bits per heavy atom. The predicted molar refractivity (Wildman–Crippen MR) is 150 cm³/mol. The summed E-state index contributed by atoms with van der Waals surface area (Å²) < 4.78 is 55.9. The number of carbonyl (C=O) groups excluding carboxylic acids is 1. The van der Waals surface area contributed by atoms with Gasteiger partial charge in [-0.15, -0.1) is 0 Å². The maximum Gasteiger partial charge on any atom is 0.434 e. The maximum absolute atomic E-state index is 14.2. The number of esters is 1. The third-order valence-electron chi connectivity index (χ3n) is 5.39. The molecule has 4 rings (SSSR count). The van der Waals surface area contributed by atoms with Gasteiger partial charge in [-0.3, -0.25) is 9.36 Å². The largest absolute Gasteiger partial charge is 0.492 e. The number of rotatable bonds is 6. The lowest BCUT2D eigenvalue weighted by Crippen LogP contribution is -2.41. The molecule has 0 amide bonds. The lowest BCUT2D eigenvalue weighted by molar-refractivity contribution is -0.140. The van der Waals surface area contributed by atoms with E-state index in [1.54, 1.807) is 18.2 Å². The molecule has 1 aliphatic rings. The van der Waals surface area contributed by atoms with Gasteiger partial charge in [-0.05, 0) is 93.8 Å². The second-order valence-electron chi connectivity index (χ2n) is 7.86. The van der Waals surface area contributed by atoms with E-state index in [0.29, 0.717) is 27.4 Å². The van der Waals surface area contributed by atoms with Crippen molar-refractivity contribution in [3.05, 3.63) is 91.5 Å². The molecule has 0 aliphatic carbocycles. The molecule has 0 unspecified atom stereocenters. The van der Waals surface area contributed by atoms with E-state index < -0.39 is 35.0 Å². The lowest BCUT2D eigenvalue weighted by Gasteiger charge is -2.26. The van der Waals surface area contributed by atoms with Gasteiger partial charge in [0.05, 0.1) is 37.4 Å². The molecule has 200 valence electrons. The Balaban J connectivity index is 2.01. The highest BCUT2D eigenvalue weighted by molar-refractivity contribution is 14.1. The van der Waals surface area contributed by atoms with Gasteiger partial charge >= 0.3 is 12.1 Å². The molecular formula is C25H18BrClF3IN2O4S. The third kappa shape index (κ3) is 5.73. The van der Waals surface area contributed by atoms with Gasteiger partial charge in [-0.1, -0.05) is 35.1 Å². The van der Waals surface area contributed by atoms with Crippen LogP contribution in [0, 0.1) is 3.57 Å². The van der Waals surface area contributed by atoms with E-state index in [2.05, 4.69) is 43.5 Å². The van der Waals surface area contributed by atoms with Gasteiger partial charge in [0.15, 0.2) is 10.5 Å². The Morgan fingerprint density at radius 1 is 1.24 bits per heavy atom. The van der Waals surface area contributed by atoms with Gasteiger partial charge in [-0.2, -0.15) is 13.2 Å². The van der Waals surface area contributed by atoms with Crippen LogP contribution < -0.4 is 19.6 Å². The molecule has 1 aromatic heterocycles. The fourth-order valence-electron chi connectivity index (χ4n) is 3.90. The summed E-state index contributed by atoms with van der Waals surface area (Å²) in [4.78, 5) is 30.1. The number of halogens is 6. The fraction of sp³-hybridized carbons (Fsp3) is 0.240. The summed E-state index contributed by atoms with van der Waals surface area (Å²) in [6.45, 7) is 3.64. The molecule has 0 spiro atoms. The monoisotopic (exact) mass is 740 g/mol. The summed E-state index contributed by atoms with van der Waals surface area (Å²) in [5, 5.41) is 0.342. The van der Waals surface area contributed by atoms with E-state index in [-0.39, 0.29) is 21.5 Å². The number of allylic oxidation sites excluding steroid dienone is 1. The average Bonchev–Trinajstić information content (AvgIpc) is 3.15. The van der Waals surface area contributed by atoms with Crippen molar-refractivity contribution in [1.82, 2.24) is 4.57 Å². The second kappa shape index (κ2) is 11.5. The maximum atomic E-state index is 14.2. The first-order valence-electron chi connectivity index (χ1n) is 11.1. The van der Waals surface area contributed by atoms with Crippen molar-refractivity contribution in [3.63, 3.8) is 0 Å². The highest BCUT2D eigenvalue weighted by Gasteiger charge is 2.45. The van der Waals surface area contributed by atoms with Crippen molar-refractivity contribution in [1.29, 1.82) is 0 Å². The molecule has 6 nitrogen and oxygen atoms in total. The number of nitrogens with zero attached hydrogens (tertiary/aromatic N) is 2. The van der Waals surface area contributed by atoms with Crippen molar-refractivity contribution in [3.8, 4) is 5.75 Å². The van der Waals surface area contributed by atoms with E-state index in [1.807, 2.05) is 6.92 Å². The van der Waals surface area contributed by atoms with Crippen molar-refractivity contribution in [2.24, 2.45) is 4.99 Å². The number of benzene rings is 2. The van der Waals surface area contributed by atoms with Gasteiger partial charge in [0.2, 0.25) is 0 Å². The molecule has 3 aromatic rings. The standard InChI is InChI=1S/C25H18BrClF3IN2O4S/c1-3-36-20-15(26)9-12(10-16(20)31)11-17-22(34)33-19(13-5-7-14(27)8-6-13)18(23(35)37-4-2)21(25(28,29)30)32-24(33)38-17/h5-11,19H,3-4H2,1-2H3/b17-11-/t19-/m0/s1. The molecular weight excluding hydrogens is 724 g/mol. The topological polar surface area (TPSA) is 69.9 Å². The summed E-state index contributed by atoms with van der Waals surface area (Å²) in [5.41, 5.74) is -1.89. The smallest absolute Gasteiger partial charge is 0.434 e. The SMILES string of the molecule is CCOC(=O)C1=C(C(F)(F)F)N=c2s/c(=C\c3cc(Br)c(OCC)c(I)c3)c(=O)n2[C@H]1c1ccc(Cl)cc1. The number of alkyl halides is 3. The number of hydrogen-bond acceptors (Lipinski definition) is 6. The molecule has 1 aliphatic heterocycles. The zero-order valence-electron chi connectivity index (χ0n) is 19.7. The predicted octanol–water partition coefficient (Wildman–Crippen LogP) is 5.76. The first-order valence-corrected chi connectivity index (χ1v) is 14.2. The number of fused-ring (bicyclic) bond motifs is 1. The fourth-order valence-corrected chi connectivity index (χ4v) is 6.79. The van der Waals surface area contributed by atoms with Crippen LogP contribution in [0.15, 0.2) is 61.9 Å². The van der Waals surface area contributed by atoms with E-state index in [1.165, 1.54) is 31.2 Å². The normalized spacial score (nSPS) is 15.8. The van der Waals surface area contributed by atoms with Gasteiger partial charge in [0.25, 0.3) is 5.56 Å². The van der Waals surface area contributed by atoms with Gasteiger partial charge < -0.3 is 9.47 Å². The van der Waals surface area contributed by atoms with Crippen LogP contribution in [0.25, 0.3) is 6.08 Å². The highest BCUT2D eigenvalue weighted by Crippen LogP contribution is 2.38. The van der Waals surface area contributed by atoms with Crippen molar-refractivity contribution < 1.29 is 27.4 Å². The zero-order chi connectivity index (χ0) is 27.8. The summed E-state index contributed by atoms with van der Waals surface area (Å²) in [7, 11) is 0. The molecule has 38 heavy (non-hydrogen) atoms. The Kier molecular flexibility index (Phi) is 8.75. The van der Waals surface area contributed by atoms with E-state index in [0.717, 1.165) is 19.5 Å². The molecule has 0 saturated carbocycles. The second-order valence-corrected chi connectivity index (χ2v) is 11.3. The first kappa shape index (κ1) is 28.8. The molecule has 0 saturated heterocycles. The minimum atomic E-state index is -4.97. The molecule has 0 N–H and O–H groups in total. The number of carbonyl (C=O) groups is 1. The van der Waals surface area contributed by atoms with Crippen molar-refractivity contribution in [2.45, 2.75) is 26.1 Å². The number of hydrogen-bond donors (Lipinski definition) is 0. The number of aromatic nitrogens is 1. The lowest BCUT2D eigenvalue weighted by atomic mass is 9.95. The molecule has 2 heterocycles. The van der Waals surface area contributed by atoms with Crippen LogP contribution in [0.1, 0.15) is 31.0 Å². The van der Waals surface area contributed by atoms with E-state index in [4.69, 9.17) is 21.1 Å². The summed E-state index contributed by atoms with van der Waals surface area (Å²) >= 11 is 12.4. The quantitative estimate of drug-likeness (QED) is 0.238. The van der Waals surface area contributed by atoms with Crippen LogP contribution in [0.3, 0.4) is 0 Å². The highest BCUT2D eigenvalue weighted by atomic mass is 127. The zero-order valence-corrected chi connectivity index (χ0v) is 25.1. The molecule has 13 heteroatoms. The van der Waals surface area contributed by atoms with Crippen LogP contribution in [-0.4, -0.2) is 29.9 Å². The van der Waals surface area contributed by atoms with Gasteiger partial charge in [-0.25, -0.2) is 9.79 Å². The van der Waals surface area contributed by atoms with Gasteiger partial charge in [0.1, 0.15) is 5.75 Å². The van der Waals surface area contributed by atoms with Crippen LogP contribution >= 0.6 is 61.5 Å². The first-order chi connectivity index (χ1) is 18.0. The minimum Gasteiger partial charge on any atom is -0.492 e. The van der Waals surface area contributed by atoms with E-state index in [9.17, 15) is 22.8 Å². The Bertz CT molecular complexity index is 1590. The van der Waals surface area contributed by atoms with E-state index >= 15 is 0 Å². The molecule has 0 radical (unpaired) electrons. The minimum absolute atomic E-state index is 0.140. The summed E-state index contributed by atoms with van der Waals surface area (Å²) in [5.74, 6) is -0.564. The molecule has 1 atom stereocenters. The van der Waals surface area contributed by atoms with Crippen LogP contribution in [-0.2, 0) is 9.53 Å². The molecule has 2 aromatic carbocycles. The van der Waals surface area contributed by atoms with Gasteiger partial charge in [0, 0.05) is 5.02 Å². The molecule has 0 fully saturated rings. The number of thiazole rings is 1. The van der Waals surface area contributed by atoms with Crippen LogP contribution in [0.4, 0.5) is 13.2 Å². The van der Waals surface area contributed by atoms with Crippen LogP contribution in [0.5, 0.6) is 5.75 Å². The summed E-state index contributed by atoms with van der Waals surface area (Å²) in [6, 6.07) is 7.99. The van der Waals surface area contributed by atoms with Crippen molar-refractivity contribution >= 4 is 73.5 Å². The van der Waals surface area contributed by atoms with Crippen molar-refractivity contribution in [2.75, 3.05) is 13.2 Å². The number of ether oxygens (including phenoxy) is 2. The Labute approximate surface area is 245 Å². The third-order valence-corrected chi connectivity index (χ3v) is 8.01. The van der Waals surface area contributed by atoms with Crippen LogP contribution in [0.2, 0.25) is 5.02 Å². The summed E-state index contributed by atoms with van der Waals surface area (Å²) in [6.07, 6.45) is -3.41. The Hall–Kier alpha value is -2.16.